The molecule has 4 heteroatoms. The molecule has 4 nitrogen and oxygen atoms in total. The molecule has 0 radical (unpaired) electrons. The number of hydrogen-bond acceptors (Lipinski definition) is 4. The van der Waals surface area contributed by atoms with Crippen molar-refractivity contribution in [1.82, 2.24) is 15.1 Å². The smallest absolute Gasteiger partial charge is 0.156 e. The van der Waals surface area contributed by atoms with Gasteiger partial charge in [0.15, 0.2) is 5.82 Å². The minimum absolute atomic E-state index is 0.530. The van der Waals surface area contributed by atoms with E-state index < -0.39 is 0 Å². The van der Waals surface area contributed by atoms with E-state index in [0.29, 0.717) is 12.1 Å². The van der Waals surface area contributed by atoms with Crippen molar-refractivity contribution < 1.29 is 0 Å². The number of fused-ring (bicyclic) bond motifs is 2. The zero-order chi connectivity index (χ0) is 12.7. The molecular formula is C15H18N4. The molecule has 0 aliphatic carbocycles. The lowest BCUT2D eigenvalue weighted by molar-refractivity contribution is 0.318. The highest BCUT2D eigenvalue weighted by molar-refractivity contribution is 5.90. The molecule has 19 heavy (non-hydrogen) atoms. The van der Waals surface area contributed by atoms with Gasteiger partial charge in [0, 0.05) is 29.4 Å². The van der Waals surface area contributed by atoms with E-state index in [0.717, 1.165) is 11.2 Å². The normalized spacial score (nSPS) is 26.7. The summed E-state index contributed by atoms with van der Waals surface area (Å²) >= 11 is 0. The summed E-state index contributed by atoms with van der Waals surface area (Å²) in [5.41, 5.74) is 0. The third-order valence-corrected chi connectivity index (χ3v) is 4.50. The van der Waals surface area contributed by atoms with E-state index in [1.807, 2.05) is 12.3 Å². The summed E-state index contributed by atoms with van der Waals surface area (Å²) in [6, 6.07) is 9.54. The first-order valence-corrected chi connectivity index (χ1v) is 7.13. The van der Waals surface area contributed by atoms with Gasteiger partial charge in [-0.2, -0.15) is 5.10 Å². The highest BCUT2D eigenvalue weighted by atomic mass is 15.3. The zero-order valence-electron chi connectivity index (χ0n) is 10.9. The molecule has 2 unspecified atom stereocenters. The predicted molar refractivity (Wildman–Crippen MR) is 76.2 cm³/mol. The topological polar surface area (TPSA) is 41.0 Å². The van der Waals surface area contributed by atoms with Crippen LogP contribution in [0.15, 0.2) is 30.5 Å². The number of benzene rings is 1. The highest BCUT2D eigenvalue weighted by Crippen LogP contribution is 2.31. The van der Waals surface area contributed by atoms with E-state index >= 15 is 0 Å². The Bertz CT molecular complexity index is 592. The molecule has 0 spiro atoms. The van der Waals surface area contributed by atoms with Crippen LogP contribution in [-0.4, -0.2) is 40.3 Å². The van der Waals surface area contributed by atoms with E-state index in [9.17, 15) is 0 Å². The van der Waals surface area contributed by atoms with E-state index in [2.05, 4.69) is 38.6 Å². The van der Waals surface area contributed by atoms with Crippen LogP contribution in [-0.2, 0) is 0 Å². The summed E-state index contributed by atoms with van der Waals surface area (Å²) in [5.74, 6) is 0.942. The van der Waals surface area contributed by atoms with Crippen molar-refractivity contribution in [3.05, 3.63) is 30.5 Å². The third kappa shape index (κ3) is 1.87. The first-order valence-electron chi connectivity index (χ1n) is 7.13. The van der Waals surface area contributed by atoms with Crippen molar-refractivity contribution >= 4 is 16.6 Å². The third-order valence-electron chi connectivity index (χ3n) is 4.50. The summed E-state index contributed by atoms with van der Waals surface area (Å²) in [4.78, 5) is 2.61. The maximum Gasteiger partial charge on any atom is 0.156 e. The second kappa shape index (κ2) is 4.46. The fourth-order valence-corrected chi connectivity index (χ4v) is 3.56. The maximum atomic E-state index is 4.30. The van der Waals surface area contributed by atoms with Crippen LogP contribution in [0.1, 0.15) is 19.3 Å². The molecule has 2 aromatic rings. The van der Waals surface area contributed by atoms with Crippen molar-refractivity contribution in [3.8, 4) is 0 Å². The number of aromatic nitrogens is 2. The molecule has 0 bridgehead atoms. The van der Waals surface area contributed by atoms with Crippen molar-refractivity contribution in [3.63, 3.8) is 0 Å². The van der Waals surface area contributed by atoms with Gasteiger partial charge in [0.2, 0.25) is 0 Å². The predicted octanol–water partition coefficient (Wildman–Crippen LogP) is 2.28. The molecule has 2 aliphatic heterocycles. The molecule has 1 N–H and O–H groups in total. The van der Waals surface area contributed by atoms with Gasteiger partial charge in [0.25, 0.3) is 0 Å². The van der Waals surface area contributed by atoms with Crippen molar-refractivity contribution in [2.24, 2.45) is 0 Å². The zero-order valence-corrected chi connectivity index (χ0v) is 10.9. The number of nitrogens with one attached hydrogen (secondary N) is 1. The largest absolute Gasteiger partial charge is 0.364 e. The van der Waals surface area contributed by atoms with Crippen molar-refractivity contribution in [2.75, 3.05) is 18.4 Å². The number of nitrogens with zero attached hydrogens (tertiary/aromatic N) is 3. The Hall–Kier alpha value is -1.68. The van der Waals surface area contributed by atoms with Crippen LogP contribution in [0.2, 0.25) is 0 Å². The Labute approximate surface area is 112 Å². The second-order valence-electron chi connectivity index (χ2n) is 5.57. The number of hydrogen-bond donors (Lipinski definition) is 1. The van der Waals surface area contributed by atoms with E-state index in [1.54, 1.807) is 0 Å². The minimum atomic E-state index is 0.530. The first kappa shape index (κ1) is 11.2. The van der Waals surface area contributed by atoms with Gasteiger partial charge in [0.05, 0.1) is 6.20 Å². The second-order valence-corrected chi connectivity index (χ2v) is 5.57. The molecule has 2 atom stereocenters. The summed E-state index contributed by atoms with van der Waals surface area (Å²) < 4.78 is 0. The molecule has 4 rings (SSSR count). The molecule has 2 fully saturated rings. The van der Waals surface area contributed by atoms with Gasteiger partial charge >= 0.3 is 0 Å². The molecule has 2 saturated heterocycles. The van der Waals surface area contributed by atoms with Crippen LogP contribution in [0, 0.1) is 0 Å². The maximum absolute atomic E-state index is 4.30. The number of anilines is 1. The lowest BCUT2D eigenvalue weighted by atomic mass is 10.1. The molecule has 0 saturated carbocycles. The average molecular weight is 254 g/mol. The summed E-state index contributed by atoms with van der Waals surface area (Å²) in [5, 5.41) is 14.4. The Morgan fingerprint density at radius 1 is 1.16 bits per heavy atom. The first-order chi connectivity index (χ1) is 9.42. The Balaban J connectivity index is 1.65. The average Bonchev–Trinajstić information content (AvgIpc) is 3.04. The van der Waals surface area contributed by atoms with Crippen LogP contribution in [0.4, 0.5) is 5.82 Å². The lowest BCUT2D eigenvalue weighted by Crippen LogP contribution is -2.34. The van der Waals surface area contributed by atoms with E-state index in [-0.39, 0.29) is 0 Å². The van der Waals surface area contributed by atoms with E-state index in [4.69, 9.17) is 0 Å². The minimum Gasteiger partial charge on any atom is -0.364 e. The monoisotopic (exact) mass is 254 g/mol. The van der Waals surface area contributed by atoms with Gasteiger partial charge in [-0.3, -0.25) is 4.90 Å². The Morgan fingerprint density at radius 3 is 3.11 bits per heavy atom. The molecule has 3 heterocycles. The standard InChI is InChI=1S/C15H18N4/c1-2-5-12-11(4-1)10-16-18-15(12)17-13-7-9-19-8-3-6-14(13)19/h1-2,4-5,10,13-14H,3,6-9H2,(H,17,18). The summed E-state index contributed by atoms with van der Waals surface area (Å²) in [7, 11) is 0. The molecule has 2 aliphatic rings. The highest BCUT2D eigenvalue weighted by Gasteiger charge is 2.37. The van der Waals surface area contributed by atoms with Gasteiger partial charge in [-0.25, -0.2) is 0 Å². The molecular weight excluding hydrogens is 236 g/mol. The van der Waals surface area contributed by atoms with Gasteiger partial charge in [-0.05, 0) is 25.8 Å². The van der Waals surface area contributed by atoms with Gasteiger partial charge in [-0.15, -0.1) is 5.10 Å². The molecule has 98 valence electrons. The summed E-state index contributed by atoms with van der Waals surface area (Å²) in [6.07, 6.45) is 5.70. The summed E-state index contributed by atoms with van der Waals surface area (Å²) in [6.45, 7) is 2.49. The van der Waals surface area contributed by atoms with Crippen LogP contribution >= 0.6 is 0 Å². The Morgan fingerprint density at radius 2 is 2.11 bits per heavy atom. The van der Waals surface area contributed by atoms with Crippen LogP contribution in [0.25, 0.3) is 10.8 Å². The molecule has 0 amide bonds. The van der Waals surface area contributed by atoms with Crippen LogP contribution in [0.5, 0.6) is 0 Å². The SMILES string of the molecule is c1ccc2c(NC3CCN4CCCC34)nncc2c1. The number of rotatable bonds is 2. The fourth-order valence-electron chi connectivity index (χ4n) is 3.56. The quantitative estimate of drug-likeness (QED) is 0.892. The molecule has 1 aromatic carbocycles. The Kier molecular flexibility index (Phi) is 2.62. The van der Waals surface area contributed by atoms with Crippen LogP contribution in [0.3, 0.4) is 0 Å². The van der Waals surface area contributed by atoms with E-state index in [1.165, 1.54) is 37.7 Å². The fraction of sp³-hybridized carbons (Fsp3) is 0.467. The van der Waals surface area contributed by atoms with Crippen molar-refractivity contribution in [1.29, 1.82) is 0 Å². The van der Waals surface area contributed by atoms with Gasteiger partial charge in [-0.1, -0.05) is 24.3 Å². The lowest BCUT2D eigenvalue weighted by Gasteiger charge is -2.22. The van der Waals surface area contributed by atoms with Gasteiger partial charge < -0.3 is 5.32 Å². The van der Waals surface area contributed by atoms with Crippen molar-refractivity contribution in [2.45, 2.75) is 31.3 Å². The van der Waals surface area contributed by atoms with Crippen LogP contribution < -0.4 is 5.32 Å². The van der Waals surface area contributed by atoms with Gasteiger partial charge in [0.1, 0.15) is 0 Å². The molecule has 1 aromatic heterocycles.